The highest BCUT2D eigenvalue weighted by Crippen LogP contribution is 2.31. The number of halogens is 1. The number of aromatic hydroxyl groups is 1. The van der Waals surface area contributed by atoms with Gasteiger partial charge in [0.2, 0.25) is 0 Å². The maximum atomic E-state index is 10.4. The molecule has 0 atom stereocenters. The molecule has 1 aromatic heterocycles. The summed E-state index contributed by atoms with van der Waals surface area (Å²) in [4.78, 5) is 4.73. The highest BCUT2D eigenvalue weighted by atomic mass is 127. The molecule has 0 saturated heterocycles. The zero-order valence-electron chi connectivity index (χ0n) is 17.8. The summed E-state index contributed by atoms with van der Waals surface area (Å²) in [6, 6.07) is 6.00. The van der Waals surface area contributed by atoms with E-state index in [2.05, 4.69) is 46.4 Å². The lowest BCUT2D eigenvalue weighted by Crippen LogP contribution is -2.38. The van der Waals surface area contributed by atoms with Crippen molar-refractivity contribution < 1.29 is 5.11 Å². The first-order chi connectivity index (χ1) is 13.6. The summed E-state index contributed by atoms with van der Waals surface area (Å²) in [7, 11) is 0. The van der Waals surface area contributed by atoms with E-state index >= 15 is 0 Å². The lowest BCUT2D eigenvalue weighted by Gasteiger charge is -2.20. The molecule has 0 spiro atoms. The minimum absolute atomic E-state index is 0. The maximum Gasteiger partial charge on any atom is 0.191 e. The SMILES string of the molecule is CCNC(=NCc1c(O)ccc2c1CCCC2)NCCCn1nc(C)cc1C.I. The Balaban J connectivity index is 0.00000300. The largest absolute Gasteiger partial charge is 0.508 e. The Labute approximate surface area is 191 Å². The molecule has 0 saturated carbocycles. The number of phenols is 1. The predicted molar refractivity (Wildman–Crippen MR) is 129 cm³/mol. The molecule has 1 aliphatic carbocycles. The number of rotatable bonds is 7. The van der Waals surface area contributed by atoms with E-state index in [0.29, 0.717) is 12.3 Å². The van der Waals surface area contributed by atoms with Crippen molar-refractivity contribution in [1.29, 1.82) is 0 Å². The van der Waals surface area contributed by atoms with Crippen LogP contribution >= 0.6 is 24.0 Å². The van der Waals surface area contributed by atoms with Crippen LogP contribution in [0.5, 0.6) is 5.75 Å². The Morgan fingerprint density at radius 2 is 2.00 bits per heavy atom. The van der Waals surface area contributed by atoms with Crippen LogP contribution in [0.1, 0.15) is 54.3 Å². The third-order valence-corrected chi connectivity index (χ3v) is 5.31. The van der Waals surface area contributed by atoms with Crippen molar-refractivity contribution in [3.8, 4) is 5.75 Å². The van der Waals surface area contributed by atoms with E-state index in [1.807, 2.05) is 13.0 Å². The number of aromatic nitrogens is 2. The van der Waals surface area contributed by atoms with Crippen molar-refractivity contribution in [2.45, 2.75) is 66.0 Å². The molecule has 3 N–H and O–H groups in total. The molecule has 7 heteroatoms. The quantitative estimate of drug-likeness (QED) is 0.229. The summed E-state index contributed by atoms with van der Waals surface area (Å²) in [5.41, 5.74) is 5.92. The van der Waals surface area contributed by atoms with E-state index < -0.39 is 0 Å². The predicted octanol–water partition coefficient (Wildman–Crippen LogP) is 3.85. The molecule has 0 fully saturated rings. The molecule has 1 aromatic carbocycles. The van der Waals surface area contributed by atoms with Gasteiger partial charge < -0.3 is 15.7 Å². The number of phenolic OH excluding ortho intramolecular Hbond substituents is 1. The lowest BCUT2D eigenvalue weighted by molar-refractivity contribution is 0.465. The van der Waals surface area contributed by atoms with Crippen molar-refractivity contribution >= 4 is 29.9 Å². The van der Waals surface area contributed by atoms with Gasteiger partial charge in [-0.3, -0.25) is 4.68 Å². The molecule has 0 unspecified atom stereocenters. The number of nitrogens with zero attached hydrogens (tertiary/aromatic N) is 3. The average Bonchev–Trinajstić information content (AvgIpc) is 3.01. The molecule has 1 heterocycles. The highest BCUT2D eigenvalue weighted by Gasteiger charge is 2.16. The van der Waals surface area contributed by atoms with Crippen LogP contribution in [-0.2, 0) is 25.9 Å². The Hall–Kier alpha value is -1.77. The Morgan fingerprint density at radius 3 is 2.72 bits per heavy atom. The van der Waals surface area contributed by atoms with Crippen molar-refractivity contribution in [3.63, 3.8) is 0 Å². The van der Waals surface area contributed by atoms with Crippen molar-refractivity contribution in [2.75, 3.05) is 13.1 Å². The van der Waals surface area contributed by atoms with Crippen LogP contribution in [0.2, 0.25) is 0 Å². The number of aryl methyl sites for hydroxylation is 4. The number of guanidine groups is 1. The molecule has 0 bridgehead atoms. The van der Waals surface area contributed by atoms with E-state index in [1.54, 1.807) is 0 Å². The van der Waals surface area contributed by atoms with Crippen molar-refractivity contribution in [1.82, 2.24) is 20.4 Å². The second-order valence-electron chi connectivity index (χ2n) is 7.53. The van der Waals surface area contributed by atoms with Crippen LogP contribution in [0.4, 0.5) is 0 Å². The molecule has 160 valence electrons. The second-order valence-corrected chi connectivity index (χ2v) is 7.53. The van der Waals surface area contributed by atoms with Gasteiger partial charge in [-0.2, -0.15) is 5.10 Å². The van der Waals surface area contributed by atoms with Gasteiger partial charge in [0.05, 0.1) is 12.2 Å². The van der Waals surface area contributed by atoms with Crippen LogP contribution < -0.4 is 10.6 Å². The molecule has 29 heavy (non-hydrogen) atoms. The topological polar surface area (TPSA) is 74.5 Å². The minimum atomic E-state index is 0. The summed E-state index contributed by atoms with van der Waals surface area (Å²) in [5, 5.41) is 21.6. The maximum absolute atomic E-state index is 10.4. The molecule has 6 nitrogen and oxygen atoms in total. The number of nitrogens with one attached hydrogen (secondary N) is 2. The fraction of sp³-hybridized carbons (Fsp3) is 0.545. The van der Waals surface area contributed by atoms with Gasteiger partial charge in [0.1, 0.15) is 5.75 Å². The second kappa shape index (κ2) is 11.4. The van der Waals surface area contributed by atoms with Gasteiger partial charge in [-0.05, 0) is 76.1 Å². The summed E-state index contributed by atoms with van der Waals surface area (Å²) < 4.78 is 2.05. The standard InChI is InChI=1S/C22H33N5O.HI/c1-4-23-22(24-12-7-13-27-17(3)14-16(2)26-27)25-15-20-19-9-6-5-8-18(19)10-11-21(20)28;/h10-11,14,28H,4-9,12-13,15H2,1-3H3,(H2,23,24,25);1H. The lowest BCUT2D eigenvalue weighted by atomic mass is 9.88. The molecule has 0 radical (unpaired) electrons. The molecular weight excluding hydrogens is 477 g/mol. The van der Waals surface area contributed by atoms with E-state index in [-0.39, 0.29) is 24.0 Å². The van der Waals surface area contributed by atoms with Crippen LogP contribution in [0.15, 0.2) is 23.2 Å². The first kappa shape index (κ1) is 23.5. The number of benzene rings is 1. The molecule has 0 amide bonds. The first-order valence-electron chi connectivity index (χ1n) is 10.4. The smallest absolute Gasteiger partial charge is 0.191 e. The summed E-state index contributed by atoms with van der Waals surface area (Å²) in [6.45, 7) is 9.20. The monoisotopic (exact) mass is 511 g/mol. The van der Waals surface area contributed by atoms with Gasteiger partial charge in [-0.15, -0.1) is 24.0 Å². The fourth-order valence-corrected chi connectivity index (χ4v) is 3.91. The fourth-order valence-electron chi connectivity index (χ4n) is 3.91. The van der Waals surface area contributed by atoms with Crippen molar-refractivity contribution in [2.24, 2.45) is 4.99 Å². The van der Waals surface area contributed by atoms with E-state index in [1.165, 1.54) is 29.7 Å². The van der Waals surface area contributed by atoms with Crippen LogP contribution in [-0.4, -0.2) is 33.9 Å². The van der Waals surface area contributed by atoms with Gasteiger partial charge in [-0.1, -0.05) is 6.07 Å². The Kier molecular flexibility index (Phi) is 9.26. The summed E-state index contributed by atoms with van der Waals surface area (Å²) >= 11 is 0. The third kappa shape index (κ3) is 6.35. The van der Waals surface area contributed by atoms with E-state index in [4.69, 9.17) is 4.99 Å². The van der Waals surface area contributed by atoms with E-state index in [9.17, 15) is 5.11 Å². The zero-order chi connectivity index (χ0) is 19.9. The molecule has 0 aliphatic heterocycles. The van der Waals surface area contributed by atoms with Gasteiger partial charge in [0.15, 0.2) is 5.96 Å². The Bertz CT molecular complexity index is 831. The minimum Gasteiger partial charge on any atom is -0.508 e. The third-order valence-electron chi connectivity index (χ3n) is 5.31. The summed E-state index contributed by atoms with van der Waals surface area (Å²) in [6.07, 6.45) is 5.55. The van der Waals surface area contributed by atoms with Gasteiger partial charge >= 0.3 is 0 Å². The summed E-state index contributed by atoms with van der Waals surface area (Å²) in [5.74, 6) is 1.16. The molecule has 1 aliphatic rings. The van der Waals surface area contributed by atoms with E-state index in [0.717, 1.165) is 56.1 Å². The van der Waals surface area contributed by atoms with Gasteiger partial charge in [-0.25, -0.2) is 4.99 Å². The zero-order valence-corrected chi connectivity index (χ0v) is 20.1. The average molecular weight is 511 g/mol. The van der Waals surface area contributed by atoms with Gasteiger partial charge in [0, 0.05) is 30.9 Å². The van der Waals surface area contributed by atoms with Crippen LogP contribution in [0.25, 0.3) is 0 Å². The Morgan fingerprint density at radius 1 is 1.21 bits per heavy atom. The molecule has 2 aromatic rings. The highest BCUT2D eigenvalue weighted by molar-refractivity contribution is 14.0. The number of hydrogen-bond acceptors (Lipinski definition) is 3. The number of fused-ring (bicyclic) bond motifs is 1. The number of hydrogen-bond donors (Lipinski definition) is 3. The molecule has 3 rings (SSSR count). The first-order valence-corrected chi connectivity index (χ1v) is 10.4. The van der Waals surface area contributed by atoms with Crippen LogP contribution in [0, 0.1) is 13.8 Å². The van der Waals surface area contributed by atoms with Crippen LogP contribution in [0.3, 0.4) is 0 Å². The van der Waals surface area contributed by atoms with Gasteiger partial charge in [0.25, 0.3) is 0 Å². The normalized spacial score (nSPS) is 13.6. The number of aliphatic imine (C=N–C) groups is 1. The molecular formula is C22H34IN5O. The van der Waals surface area contributed by atoms with Crippen molar-refractivity contribution in [3.05, 3.63) is 46.3 Å².